The van der Waals surface area contributed by atoms with Crippen molar-refractivity contribution >= 4 is 29.1 Å². The van der Waals surface area contributed by atoms with Crippen LogP contribution in [-0.4, -0.2) is 49.7 Å². The van der Waals surface area contributed by atoms with Crippen molar-refractivity contribution in [3.8, 4) is 0 Å². The number of nitrogens with zero attached hydrogens (tertiary/aromatic N) is 4. The van der Waals surface area contributed by atoms with Gasteiger partial charge in [0.25, 0.3) is 0 Å². The van der Waals surface area contributed by atoms with Crippen LogP contribution >= 0.6 is 11.8 Å². The van der Waals surface area contributed by atoms with Crippen molar-refractivity contribution in [2.45, 2.75) is 50.2 Å². The van der Waals surface area contributed by atoms with Crippen LogP contribution in [0, 0.1) is 0 Å². The van der Waals surface area contributed by atoms with E-state index in [1.165, 1.54) is 37.1 Å². The van der Waals surface area contributed by atoms with Crippen LogP contribution in [0.25, 0.3) is 0 Å². The molecular formula is C25H29N5O2S. The van der Waals surface area contributed by atoms with Gasteiger partial charge in [0, 0.05) is 11.3 Å². The third-order valence-electron chi connectivity index (χ3n) is 5.75. The summed E-state index contributed by atoms with van der Waals surface area (Å²) in [6.45, 7) is 7.00. The summed E-state index contributed by atoms with van der Waals surface area (Å²) in [5, 5.41) is 12.2. The number of rotatable bonds is 9. The molecular weight excluding hydrogens is 434 g/mol. The number of hydrogen-bond donors (Lipinski definition) is 1. The maximum Gasteiger partial charge on any atom is 0.237 e. The number of benzene rings is 2. The van der Waals surface area contributed by atoms with Gasteiger partial charge < -0.3 is 9.88 Å². The second-order valence-electron chi connectivity index (χ2n) is 8.34. The first kappa shape index (κ1) is 23.2. The predicted octanol–water partition coefficient (Wildman–Crippen LogP) is 4.24. The fourth-order valence-corrected chi connectivity index (χ4v) is 4.70. The number of carbonyl (C=O) groups is 2. The van der Waals surface area contributed by atoms with Crippen molar-refractivity contribution in [3.05, 3.63) is 71.5 Å². The van der Waals surface area contributed by atoms with E-state index in [2.05, 4.69) is 37.1 Å². The second kappa shape index (κ2) is 10.8. The highest BCUT2D eigenvalue weighted by Gasteiger charge is 2.22. The lowest BCUT2D eigenvalue weighted by atomic mass is 10.1. The van der Waals surface area contributed by atoms with Crippen molar-refractivity contribution in [2.75, 3.05) is 18.4 Å². The molecule has 172 valence electrons. The minimum atomic E-state index is -0.365. The molecule has 1 N–H and O–H groups in total. The number of aromatic nitrogens is 3. The molecule has 0 bridgehead atoms. The number of nitrogens with one attached hydrogen (secondary N) is 1. The third kappa shape index (κ3) is 6.09. The maximum atomic E-state index is 12.8. The van der Waals surface area contributed by atoms with Crippen molar-refractivity contribution < 1.29 is 9.59 Å². The smallest absolute Gasteiger partial charge is 0.237 e. The van der Waals surface area contributed by atoms with E-state index in [-0.39, 0.29) is 16.9 Å². The van der Waals surface area contributed by atoms with Crippen LogP contribution in [0.3, 0.4) is 0 Å². The van der Waals surface area contributed by atoms with Gasteiger partial charge in [-0.1, -0.05) is 42.1 Å². The summed E-state index contributed by atoms with van der Waals surface area (Å²) in [6, 6.07) is 17.2. The summed E-state index contributed by atoms with van der Waals surface area (Å²) >= 11 is 1.41. The molecule has 2 aromatic carbocycles. The molecule has 1 saturated heterocycles. The van der Waals surface area contributed by atoms with Gasteiger partial charge in [-0.05, 0) is 69.6 Å². The quantitative estimate of drug-likeness (QED) is 0.378. The monoisotopic (exact) mass is 463 g/mol. The van der Waals surface area contributed by atoms with E-state index in [1.54, 1.807) is 24.3 Å². The number of hydrogen-bond acceptors (Lipinski definition) is 6. The van der Waals surface area contributed by atoms with E-state index in [9.17, 15) is 9.59 Å². The number of amides is 1. The van der Waals surface area contributed by atoms with Gasteiger partial charge in [-0.3, -0.25) is 14.5 Å². The minimum absolute atomic E-state index is 0.000660. The van der Waals surface area contributed by atoms with Crippen LogP contribution in [0.5, 0.6) is 0 Å². The van der Waals surface area contributed by atoms with Gasteiger partial charge in [-0.2, -0.15) is 0 Å². The van der Waals surface area contributed by atoms with Crippen molar-refractivity contribution in [1.82, 2.24) is 19.7 Å². The lowest BCUT2D eigenvalue weighted by molar-refractivity contribution is -0.115. The van der Waals surface area contributed by atoms with Gasteiger partial charge >= 0.3 is 0 Å². The number of Topliss-reactive ketones (excluding diaryl/α,β-unsaturated/α-hetero) is 1. The Morgan fingerprint density at radius 3 is 2.36 bits per heavy atom. The zero-order valence-corrected chi connectivity index (χ0v) is 19.8. The molecule has 3 aromatic rings. The van der Waals surface area contributed by atoms with Gasteiger partial charge in [0.2, 0.25) is 5.91 Å². The molecule has 8 heteroatoms. The number of carbonyl (C=O) groups excluding carboxylic acids is 2. The number of anilines is 1. The van der Waals surface area contributed by atoms with E-state index < -0.39 is 0 Å². The van der Waals surface area contributed by atoms with Crippen molar-refractivity contribution in [1.29, 1.82) is 0 Å². The van der Waals surface area contributed by atoms with Gasteiger partial charge in [-0.25, -0.2) is 0 Å². The average Bonchev–Trinajstić information content (AvgIpc) is 3.46. The fraction of sp³-hybridized carbons (Fsp3) is 0.360. The van der Waals surface area contributed by atoms with E-state index in [1.807, 2.05) is 25.1 Å². The Balaban J connectivity index is 1.47. The van der Waals surface area contributed by atoms with E-state index in [0.717, 1.165) is 30.6 Å². The lowest BCUT2D eigenvalue weighted by Gasteiger charge is -2.17. The predicted molar refractivity (Wildman–Crippen MR) is 130 cm³/mol. The maximum absolute atomic E-state index is 12.8. The Hall–Kier alpha value is -2.97. The molecule has 1 aliphatic rings. The molecule has 1 amide bonds. The molecule has 1 unspecified atom stereocenters. The third-order valence-corrected chi connectivity index (χ3v) is 6.83. The Bertz CT molecular complexity index is 1090. The Labute approximate surface area is 198 Å². The molecule has 1 fully saturated rings. The zero-order valence-electron chi connectivity index (χ0n) is 19.0. The largest absolute Gasteiger partial charge is 0.325 e. The van der Waals surface area contributed by atoms with Gasteiger partial charge in [0.15, 0.2) is 10.9 Å². The molecule has 33 heavy (non-hydrogen) atoms. The molecule has 1 aromatic heterocycles. The molecule has 0 aliphatic carbocycles. The normalized spacial score (nSPS) is 14.8. The molecule has 0 saturated carbocycles. The first-order valence-corrected chi connectivity index (χ1v) is 12.1. The van der Waals surface area contributed by atoms with Crippen LogP contribution in [0.2, 0.25) is 0 Å². The average molecular weight is 464 g/mol. The summed E-state index contributed by atoms with van der Waals surface area (Å²) in [5.41, 5.74) is 2.46. The summed E-state index contributed by atoms with van der Waals surface area (Å²) in [4.78, 5) is 26.7. The standard InChI is InChI=1S/C25H29N5O2S/c1-18(31)21-10-12-22(13-11-21)26-24(32)19(2)33-25-28-27-23(17-29-14-6-7-15-29)30(25)16-20-8-4-3-5-9-20/h3-5,8-13,19H,6-7,14-17H2,1-2H3,(H,26,32). The highest BCUT2D eigenvalue weighted by molar-refractivity contribution is 8.00. The number of likely N-dealkylation sites (tertiary alicyclic amines) is 1. The number of thioether (sulfide) groups is 1. The lowest BCUT2D eigenvalue weighted by Crippen LogP contribution is -2.24. The molecule has 0 spiro atoms. The van der Waals surface area contributed by atoms with Crippen molar-refractivity contribution in [2.24, 2.45) is 0 Å². The van der Waals surface area contributed by atoms with E-state index in [4.69, 9.17) is 0 Å². The van der Waals surface area contributed by atoms with Gasteiger partial charge in [0.05, 0.1) is 18.3 Å². The molecule has 1 atom stereocenters. The SMILES string of the molecule is CC(=O)c1ccc(NC(=O)C(C)Sc2nnc(CN3CCCC3)n2Cc2ccccc2)cc1. The Morgan fingerprint density at radius 2 is 1.70 bits per heavy atom. The molecule has 1 aliphatic heterocycles. The minimum Gasteiger partial charge on any atom is -0.325 e. The van der Waals surface area contributed by atoms with Gasteiger partial charge in [0.1, 0.15) is 5.82 Å². The first-order valence-electron chi connectivity index (χ1n) is 11.3. The summed E-state index contributed by atoms with van der Waals surface area (Å²) in [5.74, 6) is 0.806. The highest BCUT2D eigenvalue weighted by atomic mass is 32.2. The first-order chi connectivity index (χ1) is 16.0. The zero-order chi connectivity index (χ0) is 23.2. The topological polar surface area (TPSA) is 80.1 Å². The number of ketones is 1. The Kier molecular flexibility index (Phi) is 7.57. The van der Waals surface area contributed by atoms with Crippen LogP contribution in [-0.2, 0) is 17.9 Å². The summed E-state index contributed by atoms with van der Waals surface area (Å²) < 4.78 is 2.13. The molecule has 0 radical (unpaired) electrons. The molecule has 4 rings (SSSR count). The van der Waals surface area contributed by atoms with Crippen LogP contribution in [0.4, 0.5) is 5.69 Å². The molecule has 7 nitrogen and oxygen atoms in total. The van der Waals surface area contributed by atoms with Crippen molar-refractivity contribution in [3.63, 3.8) is 0 Å². The van der Waals surface area contributed by atoms with Crippen LogP contribution in [0.15, 0.2) is 59.8 Å². The van der Waals surface area contributed by atoms with Crippen LogP contribution in [0.1, 0.15) is 48.4 Å². The van der Waals surface area contributed by atoms with Gasteiger partial charge in [-0.15, -0.1) is 10.2 Å². The fourth-order valence-electron chi connectivity index (χ4n) is 3.83. The highest BCUT2D eigenvalue weighted by Crippen LogP contribution is 2.25. The summed E-state index contributed by atoms with van der Waals surface area (Å²) in [7, 11) is 0. The Morgan fingerprint density at radius 1 is 1.00 bits per heavy atom. The molecule has 2 heterocycles. The van der Waals surface area contributed by atoms with Crippen LogP contribution < -0.4 is 5.32 Å². The summed E-state index contributed by atoms with van der Waals surface area (Å²) in [6.07, 6.45) is 2.44. The second-order valence-corrected chi connectivity index (χ2v) is 9.64. The van der Waals surface area contributed by atoms with E-state index in [0.29, 0.717) is 17.8 Å². The van der Waals surface area contributed by atoms with E-state index >= 15 is 0 Å².